The molecule has 0 radical (unpaired) electrons. The summed E-state index contributed by atoms with van der Waals surface area (Å²) in [7, 11) is 0. The smallest absolute Gasteiger partial charge is 0.355 e. The standard InChI is InChI=1S/C21H14ClN3O4/c22-13-7-5-12(6-8-13)10-25-11-23-16-9-15(18(21(28)29)24-20(16)25)19(27)14-3-1-2-4-17(14)26/h1-9,11,26H,10H2,(H,28,29). The summed E-state index contributed by atoms with van der Waals surface area (Å²) in [6.07, 6.45) is 1.53. The SMILES string of the molecule is O=C(c1ccccc1O)c1cc2ncn(Cc3ccc(Cl)cc3)c2nc1C(=O)O. The highest BCUT2D eigenvalue weighted by molar-refractivity contribution is 6.30. The summed E-state index contributed by atoms with van der Waals surface area (Å²) in [4.78, 5) is 33.1. The molecule has 144 valence electrons. The van der Waals surface area contributed by atoms with Crippen LogP contribution in [0.3, 0.4) is 0 Å². The van der Waals surface area contributed by atoms with E-state index in [1.807, 2.05) is 12.1 Å². The molecule has 0 saturated carbocycles. The third-order valence-electron chi connectivity index (χ3n) is 4.45. The zero-order chi connectivity index (χ0) is 20.5. The first kappa shape index (κ1) is 18.6. The number of aromatic hydroxyl groups is 1. The maximum Gasteiger partial charge on any atom is 0.355 e. The van der Waals surface area contributed by atoms with Crippen molar-refractivity contribution in [3.63, 3.8) is 0 Å². The average Bonchev–Trinajstić information content (AvgIpc) is 3.10. The Morgan fingerprint density at radius 2 is 1.76 bits per heavy atom. The van der Waals surface area contributed by atoms with E-state index in [2.05, 4.69) is 9.97 Å². The van der Waals surface area contributed by atoms with E-state index in [-0.39, 0.29) is 16.9 Å². The minimum absolute atomic E-state index is 0.00301. The van der Waals surface area contributed by atoms with E-state index in [0.717, 1.165) is 5.56 Å². The van der Waals surface area contributed by atoms with Crippen LogP contribution in [0.1, 0.15) is 32.0 Å². The van der Waals surface area contributed by atoms with Crippen molar-refractivity contribution in [3.8, 4) is 5.75 Å². The molecular weight excluding hydrogens is 394 g/mol. The number of carbonyl (C=O) groups excluding carboxylic acids is 1. The number of hydrogen-bond acceptors (Lipinski definition) is 5. The number of aromatic carboxylic acids is 1. The number of benzene rings is 2. The topological polar surface area (TPSA) is 105 Å². The largest absolute Gasteiger partial charge is 0.507 e. The van der Waals surface area contributed by atoms with Gasteiger partial charge in [-0.15, -0.1) is 0 Å². The van der Waals surface area contributed by atoms with Crippen molar-refractivity contribution in [3.05, 3.63) is 88.3 Å². The van der Waals surface area contributed by atoms with E-state index in [9.17, 15) is 19.8 Å². The fourth-order valence-corrected chi connectivity index (χ4v) is 3.16. The second-order valence-electron chi connectivity index (χ2n) is 6.38. The van der Waals surface area contributed by atoms with E-state index >= 15 is 0 Å². The number of fused-ring (bicyclic) bond motifs is 1. The van der Waals surface area contributed by atoms with Crippen molar-refractivity contribution in [2.24, 2.45) is 0 Å². The van der Waals surface area contributed by atoms with E-state index in [4.69, 9.17) is 11.6 Å². The third kappa shape index (κ3) is 3.55. The van der Waals surface area contributed by atoms with Crippen LogP contribution < -0.4 is 0 Å². The van der Waals surface area contributed by atoms with Gasteiger partial charge in [-0.3, -0.25) is 4.79 Å². The van der Waals surface area contributed by atoms with E-state index in [0.29, 0.717) is 22.7 Å². The Kier molecular flexibility index (Phi) is 4.74. The van der Waals surface area contributed by atoms with Crippen LogP contribution in [-0.4, -0.2) is 36.5 Å². The second-order valence-corrected chi connectivity index (χ2v) is 6.81. The molecule has 2 aromatic carbocycles. The maximum absolute atomic E-state index is 12.9. The molecule has 29 heavy (non-hydrogen) atoms. The number of para-hydroxylation sites is 1. The lowest BCUT2D eigenvalue weighted by Gasteiger charge is -2.08. The molecule has 7 nitrogen and oxygen atoms in total. The van der Waals surface area contributed by atoms with Gasteiger partial charge in [0, 0.05) is 5.02 Å². The van der Waals surface area contributed by atoms with Crippen LogP contribution in [0.15, 0.2) is 60.9 Å². The molecule has 0 fully saturated rings. The number of carbonyl (C=O) groups is 2. The van der Waals surface area contributed by atoms with Crippen molar-refractivity contribution in [2.45, 2.75) is 6.54 Å². The number of rotatable bonds is 5. The number of carboxylic acid groups (broad SMARTS) is 1. The van der Waals surface area contributed by atoms with Gasteiger partial charge < -0.3 is 14.8 Å². The lowest BCUT2D eigenvalue weighted by Crippen LogP contribution is -2.13. The number of aromatic nitrogens is 3. The molecule has 0 amide bonds. The molecule has 4 aromatic rings. The summed E-state index contributed by atoms with van der Waals surface area (Å²) < 4.78 is 1.69. The first-order valence-corrected chi connectivity index (χ1v) is 8.98. The number of pyridine rings is 1. The number of phenolic OH excluding ortho intramolecular Hbond substituents is 1. The lowest BCUT2D eigenvalue weighted by molar-refractivity contribution is 0.0686. The Bertz CT molecular complexity index is 1250. The van der Waals surface area contributed by atoms with Crippen LogP contribution in [-0.2, 0) is 6.54 Å². The number of phenols is 1. The molecule has 0 saturated heterocycles. The monoisotopic (exact) mass is 407 g/mol. The third-order valence-corrected chi connectivity index (χ3v) is 4.71. The molecule has 0 spiro atoms. The normalized spacial score (nSPS) is 10.9. The first-order chi connectivity index (χ1) is 13.9. The summed E-state index contributed by atoms with van der Waals surface area (Å²) in [6, 6.07) is 14.5. The summed E-state index contributed by atoms with van der Waals surface area (Å²) >= 11 is 5.91. The first-order valence-electron chi connectivity index (χ1n) is 8.60. The zero-order valence-electron chi connectivity index (χ0n) is 14.9. The van der Waals surface area contributed by atoms with Gasteiger partial charge in [-0.25, -0.2) is 14.8 Å². The van der Waals surface area contributed by atoms with Crippen molar-refractivity contribution in [1.82, 2.24) is 14.5 Å². The molecule has 4 rings (SSSR count). The lowest BCUT2D eigenvalue weighted by atomic mass is 10.0. The van der Waals surface area contributed by atoms with Gasteiger partial charge in [0.2, 0.25) is 0 Å². The molecular formula is C21H14ClN3O4. The molecule has 0 aliphatic carbocycles. The predicted molar refractivity (Wildman–Crippen MR) is 107 cm³/mol. The van der Waals surface area contributed by atoms with E-state index < -0.39 is 17.4 Å². The number of hydrogen-bond donors (Lipinski definition) is 2. The molecule has 0 bridgehead atoms. The molecule has 0 aliphatic heterocycles. The molecule has 8 heteroatoms. The van der Waals surface area contributed by atoms with Gasteiger partial charge in [0.05, 0.1) is 24.0 Å². The fourth-order valence-electron chi connectivity index (χ4n) is 3.04. The van der Waals surface area contributed by atoms with E-state index in [1.54, 1.807) is 28.8 Å². The molecule has 0 atom stereocenters. The van der Waals surface area contributed by atoms with Gasteiger partial charge in [0.1, 0.15) is 11.3 Å². The average molecular weight is 408 g/mol. The summed E-state index contributed by atoms with van der Waals surface area (Å²) in [5.41, 5.74) is 1.11. The second kappa shape index (κ2) is 7.37. The number of halogens is 1. The summed E-state index contributed by atoms with van der Waals surface area (Å²) in [5.74, 6) is -2.21. The van der Waals surface area contributed by atoms with Crippen LogP contribution >= 0.6 is 11.6 Å². The highest BCUT2D eigenvalue weighted by Crippen LogP contribution is 2.24. The van der Waals surface area contributed by atoms with Crippen LogP contribution in [0.25, 0.3) is 11.2 Å². The van der Waals surface area contributed by atoms with Crippen molar-refractivity contribution in [1.29, 1.82) is 0 Å². The van der Waals surface area contributed by atoms with Crippen LogP contribution in [0, 0.1) is 0 Å². The molecule has 2 aromatic heterocycles. The number of carboxylic acids is 1. The minimum Gasteiger partial charge on any atom is -0.507 e. The van der Waals surface area contributed by atoms with Gasteiger partial charge in [-0.1, -0.05) is 35.9 Å². The maximum atomic E-state index is 12.9. The van der Waals surface area contributed by atoms with Gasteiger partial charge in [0.15, 0.2) is 17.1 Å². The Hall–Kier alpha value is -3.71. The summed E-state index contributed by atoms with van der Waals surface area (Å²) in [5, 5.41) is 20.2. The Morgan fingerprint density at radius 3 is 2.45 bits per heavy atom. The Balaban J connectivity index is 1.80. The zero-order valence-corrected chi connectivity index (χ0v) is 15.7. The van der Waals surface area contributed by atoms with Crippen LogP contribution in [0.4, 0.5) is 0 Å². The van der Waals surface area contributed by atoms with Crippen molar-refractivity contribution in [2.75, 3.05) is 0 Å². The summed E-state index contributed by atoms with van der Waals surface area (Å²) in [6.45, 7) is 0.409. The van der Waals surface area contributed by atoms with E-state index in [1.165, 1.54) is 24.5 Å². The molecule has 2 N–H and O–H groups in total. The Labute approximate surface area is 169 Å². The van der Waals surface area contributed by atoms with Gasteiger partial charge in [-0.05, 0) is 35.9 Å². The van der Waals surface area contributed by atoms with Crippen LogP contribution in [0.5, 0.6) is 5.75 Å². The number of imidazole rings is 1. The quantitative estimate of drug-likeness (QED) is 0.488. The number of ketones is 1. The molecule has 0 aliphatic rings. The molecule has 0 unspecified atom stereocenters. The predicted octanol–water partition coefficient (Wildman–Crippen LogP) is 3.77. The van der Waals surface area contributed by atoms with Gasteiger partial charge >= 0.3 is 5.97 Å². The highest BCUT2D eigenvalue weighted by atomic mass is 35.5. The number of nitrogens with zero attached hydrogens (tertiary/aromatic N) is 3. The fraction of sp³-hybridized carbons (Fsp3) is 0.0476. The van der Waals surface area contributed by atoms with Crippen molar-refractivity contribution >= 4 is 34.5 Å². The Morgan fingerprint density at radius 1 is 1.03 bits per heavy atom. The van der Waals surface area contributed by atoms with Crippen LogP contribution in [0.2, 0.25) is 5.02 Å². The van der Waals surface area contributed by atoms with Gasteiger partial charge in [0.25, 0.3) is 0 Å². The van der Waals surface area contributed by atoms with Crippen molar-refractivity contribution < 1.29 is 19.8 Å². The molecule has 2 heterocycles. The highest BCUT2D eigenvalue weighted by Gasteiger charge is 2.24. The van der Waals surface area contributed by atoms with Gasteiger partial charge in [-0.2, -0.15) is 0 Å². The minimum atomic E-state index is -1.34.